The molecule has 0 saturated carbocycles. The average Bonchev–Trinajstić information content (AvgIpc) is 3.10. The molecule has 0 aliphatic carbocycles. The maximum absolute atomic E-state index is 6.25. The number of benzene rings is 8. The molecule has 1 heterocycles. The summed E-state index contributed by atoms with van der Waals surface area (Å²) in [6.07, 6.45) is 0. The first-order valence-corrected chi connectivity index (χ1v) is 15.7. The van der Waals surface area contributed by atoms with Gasteiger partial charge in [-0.1, -0.05) is 139 Å². The van der Waals surface area contributed by atoms with Crippen molar-refractivity contribution < 1.29 is 4.74 Å². The van der Waals surface area contributed by atoms with Crippen molar-refractivity contribution >= 4 is 44.1 Å². The Morgan fingerprint density at radius 1 is 0.341 bits per heavy atom. The first kappa shape index (κ1) is 25.2. The normalized spacial score (nSPS) is 12.2. The monoisotopic (exact) mass is 578 g/mol. The van der Waals surface area contributed by atoms with Gasteiger partial charge in [0.15, 0.2) is 0 Å². The molecule has 44 heavy (non-hydrogen) atoms. The number of ether oxygens (including phenoxy) is 1. The molecular formula is C42H26OS. The van der Waals surface area contributed by atoms with Crippen LogP contribution in [-0.2, 0) is 0 Å². The third-order valence-electron chi connectivity index (χ3n) is 8.73. The van der Waals surface area contributed by atoms with Crippen molar-refractivity contribution in [3.63, 3.8) is 0 Å². The van der Waals surface area contributed by atoms with Crippen molar-refractivity contribution in [1.82, 2.24) is 0 Å². The van der Waals surface area contributed by atoms with Crippen LogP contribution in [0.3, 0.4) is 0 Å². The Bertz CT molecular complexity index is 2370. The summed E-state index contributed by atoms with van der Waals surface area (Å²) in [7, 11) is 0. The Hall–Kier alpha value is -5.31. The Morgan fingerprint density at radius 3 is 1.61 bits per heavy atom. The zero-order chi connectivity index (χ0) is 29.0. The van der Waals surface area contributed by atoms with Crippen molar-refractivity contribution in [1.29, 1.82) is 0 Å². The van der Waals surface area contributed by atoms with E-state index in [1.54, 1.807) is 11.8 Å². The van der Waals surface area contributed by atoms with Gasteiger partial charge in [0.25, 0.3) is 0 Å². The predicted molar refractivity (Wildman–Crippen MR) is 186 cm³/mol. The fourth-order valence-corrected chi connectivity index (χ4v) is 7.65. The highest BCUT2D eigenvalue weighted by atomic mass is 32.2. The van der Waals surface area contributed by atoms with Crippen molar-refractivity contribution in [2.24, 2.45) is 0 Å². The molecule has 0 spiro atoms. The van der Waals surface area contributed by atoms with Gasteiger partial charge in [-0.3, -0.25) is 0 Å². The maximum atomic E-state index is 6.25. The Morgan fingerprint density at radius 2 is 0.864 bits per heavy atom. The number of hydrogen-bond acceptors (Lipinski definition) is 2. The molecular weight excluding hydrogens is 553 g/mol. The highest BCUT2D eigenvalue weighted by Crippen LogP contribution is 2.50. The minimum absolute atomic E-state index is 0.916. The van der Waals surface area contributed by atoms with Gasteiger partial charge in [-0.25, -0.2) is 0 Å². The second-order valence-corrected chi connectivity index (χ2v) is 12.3. The van der Waals surface area contributed by atoms with E-state index in [9.17, 15) is 0 Å². The van der Waals surface area contributed by atoms with E-state index in [0.29, 0.717) is 0 Å². The zero-order valence-electron chi connectivity index (χ0n) is 23.8. The molecule has 0 amide bonds. The smallest absolute Gasteiger partial charge is 0.142 e. The highest BCUT2D eigenvalue weighted by molar-refractivity contribution is 7.99. The van der Waals surface area contributed by atoms with Gasteiger partial charge in [0.05, 0.1) is 9.79 Å². The fourth-order valence-electron chi connectivity index (χ4n) is 6.56. The van der Waals surface area contributed by atoms with E-state index in [0.717, 1.165) is 21.3 Å². The summed E-state index contributed by atoms with van der Waals surface area (Å²) in [6.45, 7) is 0. The van der Waals surface area contributed by atoms with E-state index in [1.165, 1.54) is 65.7 Å². The number of fused-ring (bicyclic) bond motifs is 8. The van der Waals surface area contributed by atoms with Crippen molar-refractivity contribution in [2.45, 2.75) is 9.79 Å². The second-order valence-electron chi connectivity index (χ2n) is 11.3. The van der Waals surface area contributed by atoms with Gasteiger partial charge in [-0.2, -0.15) is 0 Å². The van der Waals surface area contributed by atoms with E-state index in [1.807, 2.05) is 12.1 Å². The molecule has 9 rings (SSSR count). The van der Waals surface area contributed by atoms with Gasteiger partial charge >= 0.3 is 0 Å². The van der Waals surface area contributed by atoms with E-state index in [4.69, 9.17) is 4.74 Å². The van der Waals surface area contributed by atoms with Gasteiger partial charge in [-0.15, -0.1) is 0 Å². The number of hydrogen-bond donors (Lipinski definition) is 0. The fraction of sp³-hybridized carbons (Fsp3) is 0. The van der Waals surface area contributed by atoms with Crippen LogP contribution in [0.1, 0.15) is 0 Å². The van der Waals surface area contributed by atoms with Crippen LogP contribution in [0.5, 0.6) is 11.5 Å². The summed E-state index contributed by atoms with van der Waals surface area (Å²) < 4.78 is 6.25. The second kappa shape index (κ2) is 10.2. The topological polar surface area (TPSA) is 9.23 Å². The standard InChI is InChI=1S/C42H26OS/c1-2-9-27(10-3-1)30-22-24-36-37(25-30)34-12-5-4-11-33(34)35-23-21-31(26-38(35)36)28-17-19-29(20-18-28)32-13-8-15-40-42(32)44-41-16-7-6-14-39(41)43-40/h1-26H. The Balaban J connectivity index is 1.14. The lowest BCUT2D eigenvalue weighted by Gasteiger charge is -2.22. The summed E-state index contributed by atoms with van der Waals surface area (Å²) in [4.78, 5) is 2.31. The molecule has 1 aliphatic rings. The SMILES string of the molecule is c1ccc(-c2ccc3c(c2)c2ccccc2c2ccc(-c4ccc(-c5cccc6c5Sc5ccccc5O6)cc4)cc23)cc1. The largest absolute Gasteiger partial charge is 0.455 e. The highest BCUT2D eigenvalue weighted by Gasteiger charge is 2.21. The molecule has 0 fully saturated rings. The van der Waals surface area contributed by atoms with Crippen molar-refractivity contribution in [3.8, 4) is 44.9 Å². The van der Waals surface area contributed by atoms with E-state index < -0.39 is 0 Å². The first-order valence-electron chi connectivity index (χ1n) is 14.9. The molecule has 0 atom stereocenters. The van der Waals surface area contributed by atoms with Crippen LogP contribution in [0.4, 0.5) is 0 Å². The number of para-hydroxylation sites is 1. The molecule has 1 nitrogen and oxygen atoms in total. The van der Waals surface area contributed by atoms with Crippen LogP contribution in [0, 0.1) is 0 Å². The zero-order valence-corrected chi connectivity index (χ0v) is 24.6. The molecule has 2 heteroatoms. The van der Waals surface area contributed by atoms with Crippen LogP contribution in [0.15, 0.2) is 168 Å². The molecule has 0 radical (unpaired) electrons. The molecule has 0 unspecified atom stereocenters. The number of rotatable bonds is 3. The maximum Gasteiger partial charge on any atom is 0.142 e. The van der Waals surface area contributed by atoms with Gasteiger partial charge < -0.3 is 4.74 Å². The third-order valence-corrected chi connectivity index (χ3v) is 9.92. The minimum Gasteiger partial charge on any atom is -0.455 e. The third kappa shape index (κ3) is 4.11. The summed E-state index contributed by atoms with van der Waals surface area (Å²) in [6, 6.07) is 56.8. The van der Waals surface area contributed by atoms with Crippen molar-refractivity contribution in [2.75, 3.05) is 0 Å². The minimum atomic E-state index is 0.916. The Labute approximate surface area is 260 Å². The molecule has 0 aromatic heterocycles. The van der Waals surface area contributed by atoms with Gasteiger partial charge in [0.1, 0.15) is 11.5 Å². The van der Waals surface area contributed by atoms with E-state index in [2.05, 4.69) is 146 Å². The van der Waals surface area contributed by atoms with Gasteiger partial charge in [0.2, 0.25) is 0 Å². The van der Waals surface area contributed by atoms with Crippen LogP contribution in [0.2, 0.25) is 0 Å². The van der Waals surface area contributed by atoms with Gasteiger partial charge in [0, 0.05) is 0 Å². The van der Waals surface area contributed by atoms with Crippen molar-refractivity contribution in [3.05, 3.63) is 158 Å². The Kier molecular flexibility index (Phi) is 5.82. The van der Waals surface area contributed by atoms with Gasteiger partial charge in [-0.05, 0) is 96.0 Å². The average molecular weight is 579 g/mol. The molecule has 0 N–H and O–H groups in total. The summed E-state index contributed by atoms with van der Waals surface area (Å²) >= 11 is 1.78. The van der Waals surface area contributed by atoms with Crippen LogP contribution in [0.25, 0.3) is 65.7 Å². The molecule has 1 aliphatic heterocycles. The molecule has 8 aromatic carbocycles. The van der Waals surface area contributed by atoms with E-state index >= 15 is 0 Å². The molecule has 206 valence electrons. The summed E-state index contributed by atoms with van der Waals surface area (Å²) in [5.74, 6) is 1.84. The lowest BCUT2D eigenvalue weighted by molar-refractivity contribution is 0.455. The lowest BCUT2D eigenvalue weighted by Crippen LogP contribution is -1.96. The van der Waals surface area contributed by atoms with Crippen LogP contribution < -0.4 is 4.74 Å². The molecule has 0 saturated heterocycles. The first-order chi connectivity index (χ1) is 21.8. The van der Waals surface area contributed by atoms with Crippen LogP contribution >= 0.6 is 11.8 Å². The summed E-state index contributed by atoms with van der Waals surface area (Å²) in [5, 5.41) is 7.72. The van der Waals surface area contributed by atoms with Crippen LogP contribution in [-0.4, -0.2) is 0 Å². The van der Waals surface area contributed by atoms with E-state index in [-0.39, 0.29) is 0 Å². The lowest BCUT2D eigenvalue weighted by atomic mass is 9.90. The molecule has 8 aromatic rings. The quantitative estimate of drug-likeness (QED) is 0.193. The summed E-state index contributed by atoms with van der Waals surface area (Å²) in [5.41, 5.74) is 7.28. The predicted octanol–water partition coefficient (Wildman–Crippen LogP) is 12.4. The molecule has 0 bridgehead atoms.